The van der Waals surface area contributed by atoms with Gasteiger partial charge in [-0.05, 0) is 17.4 Å². The molecule has 0 aliphatic carbocycles. The second-order valence-electron chi connectivity index (χ2n) is 5.80. The van der Waals surface area contributed by atoms with Gasteiger partial charge in [-0.3, -0.25) is 4.79 Å². The zero-order valence-electron chi connectivity index (χ0n) is 12.3. The molecule has 19 heavy (non-hydrogen) atoms. The van der Waals surface area contributed by atoms with Crippen molar-refractivity contribution in [2.75, 3.05) is 13.1 Å². The molecule has 1 aromatic rings. The third kappa shape index (κ3) is 5.23. The van der Waals surface area contributed by atoms with E-state index in [-0.39, 0.29) is 5.91 Å². The van der Waals surface area contributed by atoms with E-state index in [0.29, 0.717) is 11.8 Å². The van der Waals surface area contributed by atoms with E-state index < -0.39 is 5.38 Å². The van der Waals surface area contributed by atoms with Crippen LogP contribution in [0.15, 0.2) is 30.3 Å². The number of rotatable bonds is 6. The van der Waals surface area contributed by atoms with Crippen molar-refractivity contribution in [1.29, 1.82) is 0 Å². The molecule has 0 spiro atoms. The predicted molar refractivity (Wildman–Crippen MR) is 81.3 cm³/mol. The summed E-state index contributed by atoms with van der Waals surface area (Å²) in [4.78, 5) is 14.4. The van der Waals surface area contributed by atoms with Crippen LogP contribution < -0.4 is 0 Å². The smallest absolute Gasteiger partial charge is 0.245 e. The first kappa shape index (κ1) is 16.0. The first-order chi connectivity index (χ1) is 8.91. The average molecular weight is 282 g/mol. The molecular formula is C16H24ClNO. The molecule has 2 nitrogen and oxygen atoms in total. The fourth-order valence-electron chi connectivity index (χ4n) is 2.06. The molecule has 0 fully saturated rings. The Morgan fingerprint density at radius 1 is 1.05 bits per heavy atom. The van der Waals surface area contributed by atoms with Crippen molar-refractivity contribution < 1.29 is 4.79 Å². The molecule has 1 aromatic carbocycles. The Balaban J connectivity index is 2.80. The minimum absolute atomic E-state index is 0.00951. The fourth-order valence-corrected chi connectivity index (χ4v) is 2.34. The van der Waals surface area contributed by atoms with Gasteiger partial charge in [0, 0.05) is 13.1 Å². The number of halogens is 1. The minimum atomic E-state index is -0.585. The van der Waals surface area contributed by atoms with Gasteiger partial charge >= 0.3 is 0 Å². The van der Waals surface area contributed by atoms with Gasteiger partial charge in [0.1, 0.15) is 5.38 Å². The fraction of sp³-hybridized carbons (Fsp3) is 0.562. The summed E-state index contributed by atoms with van der Waals surface area (Å²) < 4.78 is 0. The van der Waals surface area contributed by atoms with Crippen molar-refractivity contribution in [3.05, 3.63) is 35.9 Å². The molecule has 0 heterocycles. The predicted octanol–water partition coefficient (Wildman–Crippen LogP) is 4.11. The summed E-state index contributed by atoms with van der Waals surface area (Å²) in [5.74, 6) is 0.903. The maximum absolute atomic E-state index is 12.5. The zero-order valence-corrected chi connectivity index (χ0v) is 13.0. The van der Waals surface area contributed by atoms with E-state index in [4.69, 9.17) is 11.6 Å². The zero-order chi connectivity index (χ0) is 14.4. The molecule has 0 aliphatic heterocycles. The molecule has 1 unspecified atom stereocenters. The lowest BCUT2D eigenvalue weighted by molar-refractivity contribution is -0.132. The summed E-state index contributed by atoms with van der Waals surface area (Å²) in [6.45, 7) is 9.98. The summed E-state index contributed by atoms with van der Waals surface area (Å²) in [6.07, 6.45) is 0. The Kier molecular flexibility index (Phi) is 6.36. The molecular weight excluding hydrogens is 258 g/mol. The number of carbonyl (C=O) groups excluding carboxylic acids is 1. The third-order valence-electron chi connectivity index (χ3n) is 2.79. The highest BCUT2D eigenvalue weighted by molar-refractivity contribution is 6.30. The monoisotopic (exact) mass is 281 g/mol. The van der Waals surface area contributed by atoms with Crippen molar-refractivity contribution in [2.24, 2.45) is 11.8 Å². The van der Waals surface area contributed by atoms with Crippen LogP contribution in [0.2, 0.25) is 0 Å². The maximum atomic E-state index is 12.5. The molecule has 1 amide bonds. The number of carbonyl (C=O) groups is 1. The van der Waals surface area contributed by atoms with Gasteiger partial charge in [0.15, 0.2) is 0 Å². The third-order valence-corrected chi connectivity index (χ3v) is 3.23. The number of benzene rings is 1. The second kappa shape index (κ2) is 7.54. The van der Waals surface area contributed by atoms with E-state index in [1.54, 1.807) is 0 Å². The Bertz CT molecular complexity index is 379. The van der Waals surface area contributed by atoms with Gasteiger partial charge in [0.05, 0.1) is 0 Å². The van der Waals surface area contributed by atoms with Crippen molar-refractivity contribution in [3.8, 4) is 0 Å². The summed E-state index contributed by atoms with van der Waals surface area (Å²) in [5, 5.41) is -0.585. The molecule has 0 N–H and O–H groups in total. The largest absolute Gasteiger partial charge is 0.341 e. The Hall–Kier alpha value is -1.02. The van der Waals surface area contributed by atoms with Crippen LogP contribution in [0.3, 0.4) is 0 Å². The second-order valence-corrected chi connectivity index (χ2v) is 6.24. The molecule has 0 aliphatic rings. The Morgan fingerprint density at radius 3 is 1.95 bits per heavy atom. The quantitative estimate of drug-likeness (QED) is 0.719. The van der Waals surface area contributed by atoms with Gasteiger partial charge in [-0.15, -0.1) is 11.6 Å². The summed E-state index contributed by atoms with van der Waals surface area (Å²) >= 11 is 6.33. The van der Waals surface area contributed by atoms with Crippen LogP contribution in [0.25, 0.3) is 0 Å². The van der Waals surface area contributed by atoms with Gasteiger partial charge in [-0.1, -0.05) is 58.0 Å². The van der Waals surface area contributed by atoms with E-state index in [1.165, 1.54) is 0 Å². The van der Waals surface area contributed by atoms with Crippen molar-refractivity contribution in [1.82, 2.24) is 4.90 Å². The van der Waals surface area contributed by atoms with Crippen LogP contribution in [-0.4, -0.2) is 23.9 Å². The molecule has 0 bridgehead atoms. The molecule has 0 radical (unpaired) electrons. The highest BCUT2D eigenvalue weighted by Gasteiger charge is 2.24. The lowest BCUT2D eigenvalue weighted by Gasteiger charge is -2.28. The van der Waals surface area contributed by atoms with Gasteiger partial charge in [0.25, 0.3) is 0 Å². The maximum Gasteiger partial charge on any atom is 0.245 e. The van der Waals surface area contributed by atoms with Crippen LogP contribution >= 0.6 is 11.6 Å². The van der Waals surface area contributed by atoms with E-state index in [2.05, 4.69) is 27.7 Å². The first-order valence-corrected chi connectivity index (χ1v) is 7.33. The van der Waals surface area contributed by atoms with Gasteiger partial charge < -0.3 is 4.90 Å². The molecule has 0 aromatic heterocycles. The van der Waals surface area contributed by atoms with Gasteiger partial charge in [-0.25, -0.2) is 0 Å². The molecule has 1 rings (SSSR count). The average Bonchev–Trinajstić information content (AvgIpc) is 2.36. The Morgan fingerprint density at radius 2 is 1.53 bits per heavy atom. The molecule has 3 heteroatoms. The summed E-state index contributed by atoms with van der Waals surface area (Å²) in [7, 11) is 0. The highest BCUT2D eigenvalue weighted by atomic mass is 35.5. The highest BCUT2D eigenvalue weighted by Crippen LogP contribution is 2.23. The lowest BCUT2D eigenvalue weighted by atomic mass is 10.1. The molecule has 106 valence electrons. The molecule has 1 atom stereocenters. The number of nitrogens with zero attached hydrogens (tertiary/aromatic N) is 1. The van der Waals surface area contributed by atoms with Crippen LogP contribution in [-0.2, 0) is 4.79 Å². The normalized spacial score (nSPS) is 12.8. The number of hydrogen-bond donors (Lipinski definition) is 0. The van der Waals surface area contributed by atoms with Crippen LogP contribution in [0, 0.1) is 11.8 Å². The molecule has 0 saturated carbocycles. The Labute approximate surface area is 121 Å². The number of hydrogen-bond acceptors (Lipinski definition) is 1. The van der Waals surface area contributed by atoms with E-state index in [9.17, 15) is 4.79 Å². The van der Waals surface area contributed by atoms with Crippen LogP contribution in [0.1, 0.15) is 38.6 Å². The summed E-state index contributed by atoms with van der Waals surface area (Å²) in [5.41, 5.74) is 0.867. The van der Waals surface area contributed by atoms with Crippen molar-refractivity contribution >= 4 is 17.5 Å². The van der Waals surface area contributed by atoms with E-state index >= 15 is 0 Å². The summed E-state index contributed by atoms with van der Waals surface area (Å²) in [6, 6.07) is 9.55. The van der Waals surface area contributed by atoms with E-state index in [1.807, 2.05) is 35.2 Å². The number of alkyl halides is 1. The molecule has 0 saturated heterocycles. The lowest BCUT2D eigenvalue weighted by Crippen LogP contribution is -2.38. The standard InChI is InChI=1S/C16H24ClNO/c1-12(2)10-18(11-13(3)4)16(19)15(17)14-8-6-5-7-9-14/h5-9,12-13,15H,10-11H2,1-4H3. The topological polar surface area (TPSA) is 20.3 Å². The number of amides is 1. The van der Waals surface area contributed by atoms with E-state index in [0.717, 1.165) is 18.7 Å². The first-order valence-electron chi connectivity index (χ1n) is 6.89. The SMILES string of the molecule is CC(C)CN(CC(C)C)C(=O)C(Cl)c1ccccc1. The van der Waals surface area contributed by atoms with Crippen molar-refractivity contribution in [3.63, 3.8) is 0 Å². The minimum Gasteiger partial charge on any atom is -0.341 e. The van der Waals surface area contributed by atoms with Crippen molar-refractivity contribution in [2.45, 2.75) is 33.1 Å². The van der Waals surface area contributed by atoms with Crippen LogP contribution in [0.4, 0.5) is 0 Å². The van der Waals surface area contributed by atoms with Gasteiger partial charge in [-0.2, -0.15) is 0 Å². The van der Waals surface area contributed by atoms with Crippen LogP contribution in [0.5, 0.6) is 0 Å². The van der Waals surface area contributed by atoms with Gasteiger partial charge in [0.2, 0.25) is 5.91 Å².